The van der Waals surface area contributed by atoms with Crippen LogP contribution in [0.15, 0.2) is 22.7 Å². The predicted molar refractivity (Wildman–Crippen MR) is 74.7 cm³/mol. The van der Waals surface area contributed by atoms with Crippen LogP contribution in [0, 0.1) is 11.8 Å². The summed E-state index contributed by atoms with van der Waals surface area (Å²) in [6.45, 7) is 4.20. The molecular weight excluding hydrogens is 294 g/mol. The normalized spacial score (nSPS) is 26.4. The van der Waals surface area contributed by atoms with Crippen molar-refractivity contribution in [1.82, 2.24) is 5.32 Å². The average Bonchev–Trinajstić information content (AvgIpc) is 2.88. The van der Waals surface area contributed by atoms with Crippen LogP contribution in [-0.4, -0.2) is 32.1 Å². The first-order valence-electron chi connectivity index (χ1n) is 6.20. The molecular formula is C13H16BrN3O. The van der Waals surface area contributed by atoms with Gasteiger partial charge in [0.1, 0.15) is 0 Å². The maximum Gasteiger partial charge on any atom is 0.250 e. The van der Waals surface area contributed by atoms with E-state index in [9.17, 15) is 4.79 Å². The molecule has 5 heteroatoms. The molecule has 1 aromatic rings. The van der Waals surface area contributed by atoms with Crippen molar-refractivity contribution in [3.8, 4) is 0 Å². The minimum absolute atomic E-state index is 0.360. The highest BCUT2D eigenvalue weighted by Crippen LogP contribution is 2.33. The Hall–Kier alpha value is -1.07. The van der Waals surface area contributed by atoms with Gasteiger partial charge in [0.05, 0.1) is 5.56 Å². The minimum atomic E-state index is -0.360. The van der Waals surface area contributed by atoms with Gasteiger partial charge in [0.15, 0.2) is 0 Å². The first kappa shape index (κ1) is 12.0. The van der Waals surface area contributed by atoms with Crippen LogP contribution < -0.4 is 16.0 Å². The van der Waals surface area contributed by atoms with Gasteiger partial charge in [0.25, 0.3) is 5.91 Å². The second-order valence-electron chi connectivity index (χ2n) is 5.11. The molecule has 0 saturated carbocycles. The van der Waals surface area contributed by atoms with Crippen LogP contribution >= 0.6 is 15.9 Å². The number of primary amides is 1. The minimum Gasteiger partial charge on any atom is -0.370 e. The number of benzene rings is 1. The number of amides is 1. The average molecular weight is 310 g/mol. The lowest BCUT2D eigenvalue weighted by molar-refractivity contribution is 0.100. The zero-order valence-electron chi connectivity index (χ0n) is 10.0. The van der Waals surface area contributed by atoms with E-state index in [1.807, 2.05) is 18.2 Å². The molecule has 0 spiro atoms. The van der Waals surface area contributed by atoms with E-state index in [1.54, 1.807) is 0 Å². The number of nitrogens with two attached hydrogens (primary N) is 1. The van der Waals surface area contributed by atoms with Crippen LogP contribution in [0.1, 0.15) is 10.4 Å². The van der Waals surface area contributed by atoms with E-state index in [0.29, 0.717) is 17.4 Å². The van der Waals surface area contributed by atoms with Gasteiger partial charge in [0, 0.05) is 36.3 Å². The van der Waals surface area contributed by atoms with Crippen LogP contribution in [0.4, 0.5) is 5.69 Å². The summed E-state index contributed by atoms with van der Waals surface area (Å²) in [7, 11) is 0. The van der Waals surface area contributed by atoms with Crippen LogP contribution in [-0.2, 0) is 0 Å². The lowest BCUT2D eigenvalue weighted by Crippen LogP contribution is -2.27. The van der Waals surface area contributed by atoms with E-state index in [0.717, 1.165) is 36.3 Å². The van der Waals surface area contributed by atoms with E-state index in [-0.39, 0.29) is 5.91 Å². The van der Waals surface area contributed by atoms with Gasteiger partial charge >= 0.3 is 0 Å². The Kier molecular flexibility index (Phi) is 3.03. The second kappa shape index (κ2) is 4.55. The Morgan fingerprint density at radius 2 is 2.00 bits per heavy atom. The van der Waals surface area contributed by atoms with Crippen LogP contribution in [0.5, 0.6) is 0 Å². The van der Waals surface area contributed by atoms with Crippen molar-refractivity contribution in [3.63, 3.8) is 0 Å². The summed E-state index contributed by atoms with van der Waals surface area (Å²) in [5.41, 5.74) is 7.05. The number of nitrogens with zero attached hydrogens (tertiary/aromatic N) is 1. The van der Waals surface area contributed by atoms with Crippen molar-refractivity contribution in [3.05, 3.63) is 28.2 Å². The molecule has 0 bridgehead atoms. The van der Waals surface area contributed by atoms with Gasteiger partial charge < -0.3 is 16.0 Å². The lowest BCUT2D eigenvalue weighted by atomic mass is 10.0. The lowest BCUT2D eigenvalue weighted by Gasteiger charge is -2.22. The summed E-state index contributed by atoms with van der Waals surface area (Å²) >= 11 is 3.39. The van der Waals surface area contributed by atoms with E-state index >= 15 is 0 Å². The molecule has 3 rings (SSSR count). The Morgan fingerprint density at radius 1 is 1.33 bits per heavy atom. The standard InChI is InChI=1S/C13H16BrN3O/c14-10-1-2-12(11(3-10)13(15)18)17-6-8-4-16-5-9(8)7-17/h1-3,8-9,16H,4-7H2,(H2,15,18). The highest BCUT2D eigenvalue weighted by molar-refractivity contribution is 9.10. The zero-order valence-corrected chi connectivity index (χ0v) is 11.6. The molecule has 3 N–H and O–H groups in total. The van der Waals surface area contributed by atoms with Crippen molar-refractivity contribution in [2.75, 3.05) is 31.1 Å². The van der Waals surface area contributed by atoms with Crippen molar-refractivity contribution in [2.45, 2.75) is 0 Å². The third-order valence-corrected chi connectivity index (χ3v) is 4.45. The van der Waals surface area contributed by atoms with Gasteiger partial charge in [-0.25, -0.2) is 0 Å². The SMILES string of the molecule is NC(=O)c1cc(Br)ccc1N1CC2CNCC2C1. The second-order valence-corrected chi connectivity index (χ2v) is 6.02. The van der Waals surface area contributed by atoms with Crippen molar-refractivity contribution in [2.24, 2.45) is 17.6 Å². The van der Waals surface area contributed by atoms with Gasteiger partial charge in [0.2, 0.25) is 0 Å². The van der Waals surface area contributed by atoms with Crippen molar-refractivity contribution >= 4 is 27.5 Å². The largest absolute Gasteiger partial charge is 0.370 e. The summed E-state index contributed by atoms with van der Waals surface area (Å²) in [6, 6.07) is 5.76. The summed E-state index contributed by atoms with van der Waals surface area (Å²) in [6.07, 6.45) is 0. The Labute approximate surface area is 115 Å². The first-order chi connectivity index (χ1) is 8.65. The third kappa shape index (κ3) is 2.01. The smallest absolute Gasteiger partial charge is 0.250 e. The van der Waals surface area contributed by atoms with Gasteiger partial charge in [-0.15, -0.1) is 0 Å². The molecule has 2 atom stereocenters. The predicted octanol–water partition coefficient (Wildman–Crippen LogP) is 1.20. The number of halogens is 1. The highest BCUT2D eigenvalue weighted by Gasteiger charge is 2.36. The monoisotopic (exact) mass is 309 g/mol. The van der Waals surface area contributed by atoms with E-state index in [2.05, 4.69) is 26.1 Å². The van der Waals surface area contributed by atoms with Gasteiger partial charge in [-0.05, 0) is 30.0 Å². The fourth-order valence-electron chi connectivity index (χ4n) is 3.03. The maximum atomic E-state index is 11.5. The topological polar surface area (TPSA) is 58.4 Å². The number of fused-ring (bicyclic) bond motifs is 1. The fraction of sp³-hybridized carbons (Fsp3) is 0.462. The molecule has 1 amide bonds. The summed E-state index contributed by atoms with van der Waals surface area (Å²) in [5, 5.41) is 3.42. The fourth-order valence-corrected chi connectivity index (χ4v) is 3.39. The molecule has 2 heterocycles. The molecule has 2 aliphatic rings. The quantitative estimate of drug-likeness (QED) is 0.863. The van der Waals surface area contributed by atoms with Crippen LogP contribution in [0.3, 0.4) is 0 Å². The summed E-state index contributed by atoms with van der Waals surface area (Å²) in [5.74, 6) is 1.05. The number of hydrogen-bond donors (Lipinski definition) is 2. The van der Waals surface area contributed by atoms with Gasteiger partial charge in [-0.3, -0.25) is 4.79 Å². The number of rotatable bonds is 2. The molecule has 2 fully saturated rings. The summed E-state index contributed by atoms with van der Waals surface area (Å²) in [4.78, 5) is 13.8. The number of carbonyl (C=O) groups is 1. The molecule has 0 radical (unpaired) electrons. The number of hydrogen-bond acceptors (Lipinski definition) is 3. The molecule has 4 nitrogen and oxygen atoms in total. The number of nitrogens with one attached hydrogen (secondary N) is 1. The molecule has 0 aliphatic carbocycles. The van der Waals surface area contributed by atoms with Crippen molar-refractivity contribution < 1.29 is 4.79 Å². The van der Waals surface area contributed by atoms with Gasteiger partial charge in [-0.1, -0.05) is 15.9 Å². The van der Waals surface area contributed by atoms with Crippen molar-refractivity contribution in [1.29, 1.82) is 0 Å². The molecule has 2 aliphatic heterocycles. The molecule has 2 saturated heterocycles. The van der Waals surface area contributed by atoms with Crippen LogP contribution in [0.2, 0.25) is 0 Å². The third-order valence-electron chi connectivity index (χ3n) is 3.95. The number of carbonyl (C=O) groups excluding carboxylic acids is 1. The zero-order chi connectivity index (χ0) is 12.7. The van der Waals surface area contributed by atoms with Crippen LogP contribution in [0.25, 0.3) is 0 Å². The molecule has 96 valence electrons. The Balaban J connectivity index is 1.90. The van der Waals surface area contributed by atoms with E-state index < -0.39 is 0 Å². The summed E-state index contributed by atoms with van der Waals surface area (Å²) < 4.78 is 0.890. The number of anilines is 1. The Bertz CT molecular complexity index is 479. The first-order valence-corrected chi connectivity index (χ1v) is 6.99. The van der Waals surface area contributed by atoms with E-state index in [1.165, 1.54) is 0 Å². The van der Waals surface area contributed by atoms with Gasteiger partial charge in [-0.2, -0.15) is 0 Å². The molecule has 0 aromatic heterocycles. The van der Waals surface area contributed by atoms with E-state index in [4.69, 9.17) is 5.73 Å². The highest BCUT2D eigenvalue weighted by atomic mass is 79.9. The molecule has 18 heavy (non-hydrogen) atoms. The molecule has 1 aromatic carbocycles. The molecule has 2 unspecified atom stereocenters. The Morgan fingerprint density at radius 3 is 2.61 bits per heavy atom. The maximum absolute atomic E-state index is 11.5.